The van der Waals surface area contributed by atoms with Crippen LogP contribution in [-0.2, 0) is 4.79 Å². The van der Waals surface area contributed by atoms with Gasteiger partial charge in [0.15, 0.2) is 0 Å². The van der Waals surface area contributed by atoms with Gasteiger partial charge in [0.1, 0.15) is 6.04 Å². The number of nitrogens with one attached hydrogen (secondary N) is 1. The summed E-state index contributed by atoms with van der Waals surface area (Å²) in [5, 5.41) is 10.7. The van der Waals surface area contributed by atoms with Gasteiger partial charge in [-0.15, -0.1) is 0 Å². The number of piperidine rings is 1. The van der Waals surface area contributed by atoms with E-state index in [4.69, 9.17) is 5.11 Å². The molecule has 2 unspecified atom stereocenters. The minimum Gasteiger partial charge on any atom is -0.480 e. The van der Waals surface area contributed by atoms with Crippen LogP contribution < -0.4 is 5.43 Å². The predicted molar refractivity (Wildman–Crippen MR) is 63.4 cm³/mol. The lowest BCUT2D eigenvalue weighted by Gasteiger charge is -2.37. The highest BCUT2D eigenvalue weighted by Crippen LogP contribution is 2.25. The molecule has 1 rings (SSSR count). The Hall–Kier alpha value is -1.30. The van der Waals surface area contributed by atoms with E-state index in [2.05, 4.69) is 12.3 Å². The van der Waals surface area contributed by atoms with E-state index >= 15 is 0 Å². The molecular formula is C11H21N3O3. The molecule has 0 spiro atoms. The van der Waals surface area contributed by atoms with Crippen LogP contribution in [0.25, 0.3) is 0 Å². The van der Waals surface area contributed by atoms with Crippen LogP contribution in [0.1, 0.15) is 26.2 Å². The summed E-state index contributed by atoms with van der Waals surface area (Å²) in [4.78, 5) is 24.4. The number of hydrazine groups is 1. The highest BCUT2D eigenvalue weighted by Gasteiger charge is 2.35. The first kappa shape index (κ1) is 13.8. The molecule has 17 heavy (non-hydrogen) atoms. The van der Waals surface area contributed by atoms with E-state index in [0.29, 0.717) is 18.9 Å². The van der Waals surface area contributed by atoms with E-state index in [9.17, 15) is 9.59 Å². The lowest BCUT2D eigenvalue weighted by atomic mass is 9.89. The van der Waals surface area contributed by atoms with E-state index in [1.165, 1.54) is 9.91 Å². The Morgan fingerprint density at radius 2 is 2.12 bits per heavy atom. The van der Waals surface area contributed by atoms with Crippen LogP contribution in [0.15, 0.2) is 0 Å². The number of carboxylic acid groups (broad SMARTS) is 1. The number of carboxylic acids is 1. The summed E-state index contributed by atoms with van der Waals surface area (Å²) in [7, 11) is 3.40. The topological polar surface area (TPSA) is 72.9 Å². The maximum absolute atomic E-state index is 11.8. The molecule has 0 aliphatic carbocycles. The minimum atomic E-state index is -0.919. The fraction of sp³-hybridized carbons (Fsp3) is 0.818. The maximum atomic E-state index is 11.8. The molecular weight excluding hydrogens is 222 g/mol. The van der Waals surface area contributed by atoms with Gasteiger partial charge in [-0.05, 0) is 18.8 Å². The van der Waals surface area contributed by atoms with E-state index in [-0.39, 0.29) is 6.03 Å². The second kappa shape index (κ2) is 5.86. The molecule has 0 radical (unpaired) electrons. The standard InChI is InChI=1S/C11H21N3O3/c1-4-8-5-6-14(9(7-8)10(15)16)11(17)12-13(2)3/h8-9H,4-7H2,1-3H3,(H,12,17)(H,15,16). The predicted octanol–water partition coefficient (Wildman–Crippen LogP) is 0.748. The van der Waals surface area contributed by atoms with Crippen molar-refractivity contribution in [3.63, 3.8) is 0 Å². The van der Waals surface area contributed by atoms with Crippen LogP contribution in [0.3, 0.4) is 0 Å². The average Bonchev–Trinajstić information content (AvgIpc) is 2.27. The third-order valence-corrected chi connectivity index (χ3v) is 3.15. The molecule has 1 fully saturated rings. The number of urea groups is 1. The number of hydrogen-bond acceptors (Lipinski definition) is 3. The Morgan fingerprint density at radius 1 is 1.47 bits per heavy atom. The maximum Gasteiger partial charge on any atom is 0.332 e. The van der Waals surface area contributed by atoms with Crippen molar-refractivity contribution in [1.82, 2.24) is 15.3 Å². The molecule has 6 heteroatoms. The number of likely N-dealkylation sites (tertiary alicyclic amines) is 1. The van der Waals surface area contributed by atoms with Gasteiger partial charge >= 0.3 is 12.0 Å². The van der Waals surface area contributed by atoms with Gasteiger partial charge in [-0.2, -0.15) is 0 Å². The average molecular weight is 243 g/mol. The molecule has 1 saturated heterocycles. The van der Waals surface area contributed by atoms with Crippen molar-refractivity contribution in [3.8, 4) is 0 Å². The molecule has 2 N–H and O–H groups in total. The van der Waals surface area contributed by atoms with Crippen LogP contribution in [0, 0.1) is 5.92 Å². The number of carbonyl (C=O) groups excluding carboxylic acids is 1. The number of amides is 2. The summed E-state index contributed by atoms with van der Waals surface area (Å²) in [5.74, 6) is -0.517. The summed E-state index contributed by atoms with van der Waals surface area (Å²) in [6, 6.07) is -1.04. The van der Waals surface area contributed by atoms with Crippen molar-refractivity contribution >= 4 is 12.0 Å². The second-order valence-electron chi connectivity index (χ2n) is 4.66. The Bertz CT molecular complexity index is 294. The molecule has 0 aromatic carbocycles. The first-order chi connectivity index (χ1) is 7.95. The summed E-state index contributed by atoms with van der Waals surface area (Å²) < 4.78 is 0. The highest BCUT2D eigenvalue weighted by atomic mass is 16.4. The van der Waals surface area contributed by atoms with Crippen LogP contribution in [0.5, 0.6) is 0 Å². The van der Waals surface area contributed by atoms with E-state index in [1.807, 2.05) is 0 Å². The summed E-state index contributed by atoms with van der Waals surface area (Å²) in [5.41, 5.74) is 2.59. The van der Waals surface area contributed by atoms with Gasteiger partial charge in [0.2, 0.25) is 0 Å². The van der Waals surface area contributed by atoms with Crippen molar-refractivity contribution < 1.29 is 14.7 Å². The third-order valence-electron chi connectivity index (χ3n) is 3.15. The Labute approximate surface area is 102 Å². The Kier molecular flexibility index (Phi) is 4.74. The fourth-order valence-corrected chi connectivity index (χ4v) is 2.14. The molecule has 6 nitrogen and oxygen atoms in total. The molecule has 0 saturated carbocycles. The first-order valence-corrected chi connectivity index (χ1v) is 5.93. The first-order valence-electron chi connectivity index (χ1n) is 5.93. The summed E-state index contributed by atoms with van der Waals surface area (Å²) >= 11 is 0. The van der Waals surface area contributed by atoms with Crippen LogP contribution in [0.2, 0.25) is 0 Å². The van der Waals surface area contributed by atoms with Gasteiger partial charge in [0, 0.05) is 20.6 Å². The van der Waals surface area contributed by atoms with Crippen molar-refractivity contribution in [3.05, 3.63) is 0 Å². The molecule has 0 bridgehead atoms. The summed E-state index contributed by atoms with van der Waals surface area (Å²) in [6.45, 7) is 2.56. The molecule has 1 aliphatic heterocycles. The Balaban J connectivity index is 2.69. The molecule has 0 aromatic rings. The monoisotopic (exact) mass is 243 g/mol. The number of rotatable bonds is 3. The number of nitrogens with zero attached hydrogens (tertiary/aromatic N) is 2. The smallest absolute Gasteiger partial charge is 0.332 e. The van der Waals surface area contributed by atoms with E-state index < -0.39 is 12.0 Å². The fourth-order valence-electron chi connectivity index (χ4n) is 2.14. The zero-order valence-electron chi connectivity index (χ0n) is 10.6. The van der Waals surface area contributed by atoms with E-state index in [0.717, 1.165) is 12.8 Å². The van der Waals surface area contributed by atoms with Crippen LogP contribution in [0.4, 0.5) is 4.79 Å². The molecule has 1 heterocycles. The van der Waals surface area contributed by atoms with Gasteiger partial charge in [0.05, 0.1) is 0 Å². The lowest BCUT2D eigenvalue weighted by molar-refractivity contribution is -0.144. The largest absolute Gasteiger partial charge is 0.480 e. The van der Waals surface area contributed by atoms with Gasteiger partial charge in [-0.25, -0.2) is 14.6 Å². The SMILES string of the molecule is CCC1CCN(C(=O)NN(C)C)C(C(=O)O)C1. The van der Waals surface area contributed by atoms with Crippen molar-refractivity contribution in [1.29, 1.82) is 0 Å². The zero-order chi connectivity index (χ0) is 13.0. The molecule has 2 amide bonds. The number of carbonyl (C=O) groups is 2. The van der Waals surface area contributed by atoms with Gasteiger partial charge in [-0.1, -0.05) is 13.3 Å². The summed E-state index contributed by atoms with van der Waals surface area (Å²) in [6.07, 6.45) is 2.39. The van der Waals surface area contributed by atoms with Crippen LogP contribution in [-0.4, -0.2) is 53.7 Å². The number of hydrogen-bond donors (Lipinski definition) is 2. The molecule has 98 valence electrons. The highest BCUT2D eigenvalue weighted by molar-refractivity contribution is 5.82. The quantitative estimate of drug-likeness (QED) is 0.717. The normalized spacial score (nSPS) is 24.8. The van der Waals surface area contributed by atoms with Gasteiger partial charge in [-0.3, -0.25) is 5.43 Å². The van der Waals surface area contributed by atoms with Crippen molar-refractivity contribution in [2.45, 2.75) is 32.2 Å². The van der Waals surface area contributed by atoms with Gasteiger partial charge < -0.3 is 10.0 Å². The lowest BCUT2D eigenvalue weighted by Crippen LogP contribution is -2.55. The molecule has 1 aliphatic rings. The van der Waals surface area contributed by atoms with Crippen molar-refractivity contribution in [2.24, 2.45) is 5.92 Å². The van der Waals surface area contributed by atoms with Crippen LogP contribution >= 0.6 is 0 Å². The Morgan fingerprint density at radius 3 is 2.59 bits per heavy atom. The molecule has 0 aromatic heterocycles. The second-order valence-corrected chi connectivity index (χ2v) is 4.66. The zero-order valence-corrected chi connectivity index (χ0v) is 10.6. The van der Waals surface area contributed by atoms with E-state index in [1.54, 1.807) is 14.1 Å². The molecule has 2 atom stereocenters. The third kappa shape index (κ3) is 3.59. The number of aliphatic carboxylic acids is 1. The minimum absolute atomic E-state index is 0.336. The van der Waals surface area contributed by atoms with Gasteiger partial charge in [0.25, 0.3) is 0 Å². The van der Waals surface area contributed by atoms with Crippen molar-refractivity contribution in [2.75, 3.05) is 20.6 Å².